The third kappa shape index (κ3) is 5.40. The predicted octanol–water partition coefficient (Wildman–Crippen LogP) is 1.26. The van der Waals surface area contributed by atoms with Crippen LogP contribution in [-0.4, -0.2) is 50.5 Å². The molecule has 1 saturated heterocycles. The van der Waals surface area contributed by atoms with Crippen molar-refractivity contribution < 1.29 is 17.9 Å². The number of rotatable bonds is 7. The van der Waals surface area contributed by atoms with Crippen molar-refractivity contribution in [1.82, 2.24) is 9.62 Å². The first kappa shape index (κ1) is 22.9. The molecule has 1 aromatic rings. The minimum absolute atomic E-state index is 0. The Balaban J connectivity index is 0.00000338. The molecule has 0 spiro atoms. The normalized spacial score (nSPS) is 20.2. The largest absolute Gasteiger partial charge is 0.364 e. The first-order chi connectivity index (χ1) is 11.8. The second-order valence-electron chi connectivity index (χ2n) is 6.54. The highest BCUT2D eigenvalue weighted by atomic mass is 35.5. The summed E-state index contributed by atoms with van der Waals surface area (Å²) in [6.07, 6.45) is 0.975. The number of hydrogen-bond donors (Lipinski definition) is 2. The molecule has 7 nitrogen and oxygen atoms in total. The number of carbonyl (C=O) groups is 1. The third-order valence-corrected chi connectivity index (χ3v) is 6.50. The van der Waals surface area contributed by atoms with Gasteiger partial charge in [0.15, 0.2) is 0 Å². The van der Waals surface area contributed by atoms with E-state index in [0.29, 0.717) is 19.5 Å². The molecule has 1 aliphatic rings. The van der Waals surface area contributed by atoms with Crippen molar-refractivity contribution in [3.63, 3.8) is 0 Å². The lowest BCUT2D eigenvalue weighted by Gasteiger charge is -2.21. The molecule has 0 radical (unpaired) electrons. The predicted molar refractivity (Wildman–Crippen MR) is 103 cm³/mol. The highest BCUT2D eigenvalue weighted by molar-refractivity contribution is 7.89. The molecule has 0 unspecified atom stereocenters. The molecule has 26 heavy (non-hydrogen) atoms. The molecular weight excluding hydrogens is 378 g/mol. The molecule has 0 bridgehead atoms. The Bertz CT molecular complexity index is 694. The van der Waals surface area contributed by atoms with Gasteiger partial charge in [-0.3, -0.25) is 4.79 Å². The second-order valence-corrected chi connectivity index (χ2v) is 8.53. The van der Waals surface area contributed by atoms with Gasteiger partial charge in [-0.1, -0.05) is 12.1 Å². The van der Waals surface area contributed by atoms with E-state index in [4.69, 9.17) is 10.5 Å². The average Bonchev–Trinajstić information content (AvgIpc) is 3.08. The summed E-state index contributed by atoms with van der Waals surface area (Å²) in [5.74, 6) is -0.160. The van der Waals surface area contributed by atoms with Crippen LogP contribution < -0.4 is 11.1 Å². The molecule has 0 aromatic heterocycles. The fourth-order valence-corrected chi connectivity index (χ4v) is 3.97. The number of halogens is 1. The van der Waals surface area contributed by atoms with Crippen LogP contribution in [0.3, 0.4) is 0 Å². The summed E-state index contributed by atoms with van der Waals surface area (Å²) < 4.78 is 31.7. The highest BCUT2D eigenvalue weighted by Crippen LogP contribution is 2.19. The minimum Gasteiger partial charge on any atom is -0.364 e. The smallest absolute Gasteiger partial charge is 0.249 e. The molecule has 0 aliphatic carbocycles. The van der Waals surface area contributed by atoms with Gasteiger partial charge in [-0.25, -0.2) is 8.42 Å². The van der Waals surface area contributed by atoms with Gasteiger partial charge in [-0.05, 0) is 44.4 Å². The number of nitrogens with two attached hydrogens (primary N) is 1. The van der Waals surface area contributed by atoms with E-state index in [9.17, 15) is 13.2 Å². The fourth-order valence-electron chi connectivity index (χ4n) is 2.60. The molecule has 1 aromatic carbocycles. The van der Waals surface area contributed by atoms with Crippen molar-refractivity contribution in [2.75, 3.05) is 13.6 Å². The number of nitrogens with one attached hydrogen (secondary N) is 1. The summed E-state index contributed by atoms with van der Waals surface area (Å²) in [6, 6.07) is 6.42. The molecule has 0 saturated carbocycles. The van der Waals surface area contributed by atoms with E-state index in [1.165, 1.54) is 4.31 Å². The Hall–Kier alpha value is -1.19. The Morgan fingerprint density at radius 2 is 1.92 bits per heavy atom. The lowest BCUT2D eigenvalue weighted by atomic mass is 10.2. The second kappa shape index (κ2) is 9.66. The summed E-state index contributed by atoms with van der Waals surface area (Å²) in [7, 11) is -1.93. The van der Waals surface area contributed by atoms with Crippen molar-refractivity contribution in [2.45, 2.75) is 56.4 Å². The zero-order chi connectivity index (χ0) is 18.6. The van der Waals surface area contributed by atoms with Crippen molar-refractivity contribution >= 4 is 28.3 Å². The number of ether oxygens (including phenoxy) is 1. The van der Waals surface area contributed by atoms with Crippen molar-refractivity contribution in [3.8, 4) is 0 Å². The molecule has 9 heteroatoms. The van der Waals surface area contributed by atoms with Crippen LogP contribution in [0.4, 0.5) is 0 Å². The molecule has 3 N–H and O–H groups in total. The van der Waals surface area contributed by atoms with E-state index in [2.05, 4.69) is 5.32 Å². The Labute approximate surface area is 161 Å². The third-order valence-electron chi connectivity index (χ3n) is 4.46. The van der Waals surface area contributed by atoms with E-state index >= 15 is 0 Å². The first-order valence-electron chi connectivity index (χ1n) is 8.46. The average molecular weight is 406 g/mol. The zero-order valence-corrected chi connectivity index (χ0v) is 17.0. The number of carbonyl (C=O) groups excluding carboxylic acids is 1. The monoisotopic (exact) mass is 405 g/mol. The maximum atomic E-state index is 12.4. The number of hydrogen-bond acceptors (Lipinski definition) is 5. The summed E-state index contributed by atoms with van der Waals surface area (Å²) >= 11 is 0. The summed E-state index contributed by atoms with van der Waals surface area (Å²) in [5, 5.41) is 2.82. The van der Waals surface area contributed by atoms with Crippen LogP contribution in [0.5, 0.6) is 0 Å². The quantitative estimate of drug-likeness (QED) is 0.711. The number of sulfonamides is 1. The zero-order valence-electron chi connectivity index (χ0n) is 15.3. The van der Waals surface area contributed by atoms with Crippen LogP contribution in [0.25, 0.3) is 0 Å². The van der Waals surface area contributed by atoms with E-state index in [1.807, 2.05) is 13.8 Å². The van der Waals surface area contributed by atoms with Crippen LogP contribution in [0.1, 0.15) is 32.3 Å². The van der Waals surface area contributed by atoms with Crippen LogP contribution in [-0.2, 0) is 26.1 Å². The lowest BCUT2D eigenvalue weighted by molar-refractivity contribution is -0.132. The SMILES string of the molecule is CC(C)N(C)S(=O)(=O)c1ccc(CNC(=O)[C@@H]2CC[C@H](CN)O2)cc1.Cl. The lowest BCUT2D eigenvalue weighted by Crippen LogP contribution is -2.35. The molecule has 2 rings (SSSR count). The van der Waals surface area contributed by atoms with E-state index in [1.54, 1.807) is 31.3 Å². The molecule has 1 aliphatic heterocycles. The van der Waals surface area contributed by atoms with Crippen LogP contribution >= 0.6 is 12.4 Å². The molecule has 1 heterocycles. The maximum absolute atomic E-state index is 12.4. The van der Waals surface area contributed by atoms with Crippen molar-refractivity contribution in [2.24, 2.45) is 5.73 Å². The molecule has 1 amide bonds. The summed E-state index contributed by atoms with van der Waals surface area (Å²) in [4.78, 5) is 12.3. The Kier molecular flexibility index (Phi) is 8.49. The van der Waals surface area contributed by atoms with Crippen LogP contribution in [0.2, 0.25) is 0 Å². The van der Waals surface area contributed by atoms with Gasteiger partial charge in [0.1, 0.15) is 6.10 Å². The molecule has 1 fully saturated rings. The molecule has 148 valence electrons. The first-order valence-corrected chi connectivity index (χ1v) is 9.90. The van der Waals surface area contributed by atoms with E-state index < -0.39 is 16.1 Å². The van der Waals surface area contributed by atoms with Gasteiger partial charge in [0, 0.05) is 26.2 Å². The van der Waals surface area contributed by atoms with Crippen molar-refractivity contribution in [1.29, 1.82) is 0 Å². The Morgan fingerprint density at radius 1 is 1.31 bits per heavy atom. The van der Waals surface area contributed by atoms with Crippen LogP contribution in [0, 0.1) is 0 Å². The van der Waals surface area contributed by atoms with Gasteiger partial charge in [-0.15, -0.1) is 12.4 Å². The van der Waals surface area contributed by atoms with Crippen molar-refractivity contribution in [3.05, 3.63) is 29.8 Å². The highest BCUT2D eigenvalue weighted by Gasteiger charge is 2.29. The summed E-state index contributed by atoms with van der Waals surface area (Å²) in [6.45, 7) is 4.39. The molecular formula is C17H28ClN3O4S. The number of benzene rings is 1. The summed E-state index contributed by atoms with van der Waals surface area (Å²) in [5.41, 5.74) is 6.37. The topological polar surface area (TPSA) is 102 Å². The fraction of sp³-hybridized carbons (Fsp3) is 0.588. The maximum Gasteiger partial charge on any atom is 0.249 e. The van der Waals surface area contributed by atoms with Gasteiger partial charge >= 0.3 is 0 Å². The van der Waals surface area contributed by atoms with Gasteiger partial charge in [0.05, 0.1) is 11.0 Å². The number of nitrogens with zero attached hydrogens (tertiary/aromatic N) is 1. The molecule has 2 atom stereocenters. The van der Waals surface area contributed by atoms with E-state index in [-0.39, 0.29) is 35.4 Å². The van der Waals surface area contributed by atoms with Gasteiger partial charge < -0.3 is 15.8 Å². The van der Waals surface area contributed by atoms with Gasteiger partial charge in [0.25, 0.3) is 0 Å². The minimum atomic E-state index is -3.49. The van der Waals surface area contributed by atoms with Gasteiger partial charge in [0.2, 0.25) is 15.9 Å². The van der Waals surface area contributed by atoms with Crippen LogP contribution in [0.15, 0.2) is 29.2 Å². The van der Waals surface area contributed by atoms with E-state index in [0.717, 1.165) is 12.0 Å². The Morgan fingerprint density at radius 3 is 2.42 bits per heavy atom. The van der Waals surface area contributed by atoms with Gasteiger partial charge in [-0.2, -0.15) is 4.31 Å². The standard InChI is InChI=1S/C17H27N3O4S.ClH/c1-12(2)20(3)25(22,23)15-7-4-13(5-8-15)11-19-17(21)16-9-6-14(10-18)24-16;/h4-5,7-8,12,14,16H,6,9-11,18H2,1-3H3,(H,19,21);1H/t14-,16+;/m1./s1. The number of amides is 1.